The molecule has 0 fully saturated rings. The van der Waals surface area contributed by atoms with Crippen molar-refractivity contribution in [3.63, 3.8) is 0 Å². The van der Waals surface area contributed by atoms with E-state index >= 15 is 0 Å². The molecule has 0 saturated carbocycles. The molecule has 0 atom stereocenters. The van der Waals surface area contributed by atoms with Crippen LogP contribution in [0.15, 0.2) is 24.3 Å². The second-order valence-electron chi connectivity index (χ2n) is 2.94. The maximum absolute atomic E-state index is 10.5. The molecule has 2 amide bonds. The highest BCUT2D eigenvalue weighted by Gasteiger charge is 2.03. The van der Waals surface area contributed by atoms with Crippen LogP contribution >= 0.6 is 0 Å². The third kappa shape index (κ3) is 1.52. The molecule has 0 aliphatic rings. The van der Waals surface area contributed by atoms with Gasteiger partial charge in [-0.25, -0.2) is 4.79 Å². The molecule has 0 radical (unpaired) electrons. The normalized spacial score (nSPS) is 10.3. The largest absolute Gasteiger partial charge is 0.352 e. The number of nitrogens with two attached hydrogens (primary N) is 1. The minimum absolute atomic E-state index is 0.371. The number of nitrogens with zero attached hydrogens (tertiary/aromatic N) is 1. The van der Waals surface area contributed by atoms with Crippen molar-refractivity contribution in [3.05, 3.63) is 30.0 Å². The Labute approximate surface area is 80.3 Å². The lowest BCUT2D eigenvalue weighted by Crippen LogP contribution is -2.28. The van der Waals surface area contributed by atoms with E-state index in [2.05, 4.69) is 15.5 Å². The number of fused-ring (bicyclic) bond motifs is 1. The van der Waals surface area contributed by atoms with Gasteiger partial charge in [0.05, 0.1) is 17.8 Å². The fraction of sp³-hybridized carbons (Fsp3) is 0.111. The van der Waals surface area contributed by atoms with Crippen LogP contribution in [-0.4, -0.2) is 16.2 Å². The Kier molecular flexibility index (Phi) is 2.06. The Bertz CT molecular complexity index is 463. The number of hydrogen-bond donors (Lipinski definition) is 3. The van der Waals surface area contributed by atoms with Gasteiger partial charge in [-0.15, -0.1) is 0 Å². The van der Waals surface area contributed by atoms with Gasteiger partial charge < -0.3 is 11.1 Å². The summed E-state index contributed by atoms with van der Waals surface area (Å²) in [7, 11) is 0. The Morgan fingerprint density at radius 1 is 1.50 bits per heavy atom. The van der Waals surface area contributed by atoms with E-state index in [1.54, 1.807) is 0 Å². The van der Waals surface area contributed by atoms with E-state index in [0.717, 1.165) is 16.6 Å². The number of para-hydroxylation sites is 1. The lowest BCUT2D eigenvalue weighted by molar-refractivity contribution is 0.248. The second kappa shape index (κ2) is 3.37. The molecular weight excluding hydrogens is 180 g/mol. The summed E-state index contributed by atoms with van der Waals surface area (Å²) in [5.41, 5.74) is 6.71. The molecule has 0 unspecified atom stereocenters. The second-order valence-corrected chi connectivity index (χ2v) is 2.94. The molecule has 1 aromatic carbocycles. The maximum atomic E-state index is 10.5. The highest BCUT2D eigenvalue weighted by atomic mass is 16.2. The molecule has 5 heteroatoms. The van der Waals surface area contributed by atoms with Crippen LogP contribution in [0.2, 0.25) is 0 Å². The van der Waals surface area contributed by atoms with Crippen LogP contribution in [0, 0.1) is 0 Å². The minimum Gasteiger partial charge on any atom is -0.352 e. The molecule has 5 nitrogen and oxygen atoms in total. The van der Waals surface area contributed by atoms with Crippen molar-refractivity contribution in [1.82, 2.24) is 15.5 Å². The molecule has 0 bridgehead atoms. The average molecular weight is 190 g/mol. The van der Waals surface area contributed by atoms with Crippen molar-refractivity contribution in [2.24, 2.45) is 5.73 Å². The van der Waals surface area contributed by atoms with Crippen molar-refractivity contribution in [1.29, 1.82) is 0 Å². The third-order valence-corrected chi connectivity index (χ3v) is 1.98. The van der Waals surface area contributed by atoms with E-state index in [9.17, 15) is 4.79 Å². The maximum Gasteiger partial charge on any atom is 0.312 e. The number of benzene rings is 1. The zero-order valence-corrected chi connectivity index (χ0v) is 7.45. The number of rotatable bonds is 2. The number of carbonyl (C=O) groups is 1. The minimum atomic E-state index is -0.538. The number of carbonyl (C=O) groups excluding carboxylic acids is 1. The van der Waals surface area contributed by atoms with E-state index in [4.69, 9.17) is 5.73 Å². The summed E-state index contributed by atoms with van der Waals surface area (Å²) in [4.78, 5) is 10.5. The Balaban J connectivity index is 2.29. The van der Waals surface area contributed by atoms with Crippen LogP contribution in [0.4, 0.5) is 4.79 Å². The first kappa shape index (κ1) is 8.55. The van der Waals surface area contributed by atoms with Gasteiger partial charge in [0.2, 0.25) is 0 Å². The summed E-state index contributed by atoms with van der Waals surface area (Å²) in [5.74, 6) is 0. The number of urea groups is 1. The summed E-state index contributed by atoms with van der Waals surface area (Å²) in [6, 6.07) is 7.14. The number of hydrogen-bond acceptors (Lipinski definition) is 2. The fourth-order valence-corrected chi connectivity index (χ4v) is 1.32. The monoisotopic (exact) mass is 190 g/mol. The van der Waals surface area contributed by atoms with E-state index in [1.807, 2.05) is 24.3 Å². The van der Waals surface area contributed by atoms with Crippen LogP contribution in [0.25, 0.3) is 10.9 Å². The Morgan fingerprint density at radius 3 is 3.07 bits per heavy atom. The Hall–Kier alpha value is -2.04. The zero-order chi connectivity index (χ0) is 9.97. The first-order valence-electron chi connectivity index (χ1n) is 4.22. The molecule has 1 heterocycles. The first-order chi connectivity index (χ1) is 6.77. The van der Waals surface area contributed by atoms with Crippen LogP contribution in [0.5, 0.6) is 0 Å². The number of primary amides is 1. The van der Waals surface area contributed by atoms with Gasteiger partial charge in [0.15, 0.2) is 0 Å². The van der Waals surface area contributed by atoms with Crippen molar-refractivity contribution >= 4 is 16.9 Å². The first-order valence-corrected chi connectivity index (χ1v) is 4.22. The topological polar surface area (TPSA) is 83.8 Å². The predicted molar refractivity (Wildman–Crippen MR) is 52.5 cm³/mol. The highest BCUT2D eigenvalue weighted by molar-refractivity contribution is 5.81. The molecule has 2 rings (SSSR count). The van der Waals surface area contributed by atoms with Gasteiger partial charge in [-0.1, -0.05) is 18.2 Å². The van der Waals surface area contributed by atoms with Crippen molar-refractivity contribution in [3.8, 4) is 0 Å². The van der Waals surface area contributed by atoms with Gasteiger partial charge in [0.25, 0.3) is 0 Å². The van der Waals surface area contributed by atoms with E-state index in [-0.39, 0.29) is 0 Å². The third-order valence-electron chi connectivity index (χ3n) is 1.98. The molecule has 72 valence electrons. The zero-order valence-electron chi connectivity index (χ0n) is 7.45. The molecule has 0 aliphatic carbocycles. The molecule has 1 aromatic heterocycles. The lowest BCUT2D eigenvalue weighted by Gasteiger charge is -1.98. The van der Waals surface area contributed by atoms with Crippen molar-refractivity contribution < 1.29 is 4.79 Å². The summed E-state index contributed by atoms with van der Waals surface area (Å²) < 4.78 is 0. The number of H-pyrrole nitrogens is 1. The lowest BCUT2D eigenvalue weighted by atomic mass is 10.2. The molecule has 0 aliphatic heterocycles. The summed E-state index contributed by atoms with van der Waals surface area (Å²) in [6.45, 7) is 0.371. The smallest absolute Gasteiger partial charge is 0.312 e. The van der Waals surface area contributed by atoms with Gasteiger partial charge in [-0.05, 0) is 6.07 Å². The molecule has 0 spiro atoms. The van der Waals surface area contributed by atoms with Crippen LogP contribution in [-0.2, 0) is 6.54 Å². The fourth-order valence-electron chi connectivity index (χ4n) is 1.32. The summed E-state index contributed by atoms with van der Waals surface area (Å²) in [5, 5.41) is 10.4. The van der Waals surface area contributed by atoms with E-state index < -0.39 is 6.03 Å². The molecular formula is C9H10N4O. The number of nitrogens with one attached hydrogen (secondary N) is 2. The van der Waals surface area contributed by atoms with E-state index in [1.165, 1.54) is 0 Å². The van der Waals surface area contributed by atoms with Crippen molar-refractivity contribution in [2.45, 2.75) is 6.54 Å². The van der Waals surface area contributed by atoms with Gasteiger partial charge in [-0.2, -0.15) is 5.10 Å². The molecule has 4 N–H and O–H groups in total. The predicted octanol–water partition coefficient (Wildman–Crippen LogP) is 0.731. The van der Waals surface area contributed by atoms with Crippen LogP contribution < -0.4 is 11.1 Å². The Morgan fingerprint density at radius 2 is 2.29 bits per heavy atom. The van der Waals surface area contributed by atoms with Crippen LogP contribution in [0.1, 0.15) is 5.69 Å². The quantitative estimate of drug-likeness (QED) is 0.652. The van der Waals surface area contributed by atoms with E-state index in [0.29, 0.717) is 6.54 Å². The van der Waals surface area contributed by atoms with Crippen LogP contribution in [0.3, 0.4) is 0 Å². The number of aromatic nitrogens is 2. The van der Waals surface area contributed by atoms with Crippen molar-refractivity contribution in [2.75, 3.05) is 0 Å². The average Bonchev–Trinajstić information content (AvgIpc) is 2.58. The molecule has 2 aromatic rings. The van der Waals surface area contributed by atoms with Gasteiger partial charge in [0.1, 0.15) is 0 Å². The summed E-state index contributed by atoms with van der Waals surface area (Å²) >= 11 is 0. The standard InChI is InChI=1S/C9H10N4O/c10-9(14)11-5-8-6-3-1-2-4-7(6)12-13-8/h1-4H,5H2,(H,12,13)(H3,10,11,14). The van der Waals surface area contributed by atoms with Gasteiger partial charge >= 0.3 is 6.03 Å². The van der Waals surface area contributed by atoms with Gasteiger partial charge in [-0.3, -0.25) is 5.10 Å². The number of aromatic amines is 1. The molecule has 0 saturated heterocycles. The van der Waals surface area contributed by atoms with Gasteiger partial charge in [0, 0.05) is 5.39 Å². The summed E-state index contributed by atoms with van der Waals surface area (Å²) in [6.07, 6.45) is 0. The number of amides is 2. The molecule has 14 heavy (non-hydrogen) atoms. The highest BCUT2D eigenvalue weighted by Crippen LogP contribution is 2.14. The SMILES string of the molecule is NC(=O)NCc1[nH]nc2ccccc12.